The van der Waals surface area contributed by atoms with Crippen LogP contribution >= 0.6 is 0 Å². The summed E-state index contributed by atoms with van der Waals surface area (Å²) in [5.41, 5.74) is 0. The van der Waals surface area contributed by atoms with E-state index in [0.717, 1.165) is 17.1 Å². The van der Waals surface area contributed by atoms with Gasteiger partial charge in [0.05, 0.1) is 0 Å². The zero-order valence-corrected chi connectivity index (χ0v) is 15.2. The quantitative estimate of drug-likeness (QED) is 0.795. The number of benzene rings is 1. The SMILES string of the molecule is O=C(O)[C@@H]1CCCN1S(=O)(=O)c1ccccc1S(=O)(=O)N1CCCC1. The smallest absolute Gasteiger partial charge is 0.322 e. The molecule has 138 valence electrons. The van der Waals surface area contributed by atoms with Crippen LogP contribution in [0.3, 0.4) is 0 Å². The lowest BCUT2D eigenvalue weighted by atomic mass is 10.2. The summed E-state index contributed by atoms with van der Waals surface area (Å²) >= 11 is 0. The molecule has 0 amide bonds. The number of hydrogen-bond donors (Lipinski definition) is 1. The summed E-state index contributed by atoms with van der Waals surface area (Å²) in [6.45, 7) is 0.785. The third-order valence-corrected chi connectivity index (χ3v) is 8.66. The predicted molar refractivity (Wildman–Crippen MR) is 89.0 cm³/mol. The molecule has 0 aliphatic carbocycles. The molecule has 3 rings (SSSR count). The predicted octanol–water partition coefficient (Wildman–Crippen LogP) is 0.709. The summed E-state index contributed by atoms with van der Waals surface area (Å²) < 4.78 is 53.9. The molecule has 0 radical (unpaired) electrons. The Morgan fingerprint density at radius 1 is 0.920 bits per heavy atom. The van der Waals surface area contributed by atoms with Gasteiger partial charge in [0.15, 0.2) is 0 Å². The van der Waals surface area contributed by atoms with Crippen LogP contribution in [0.2, 0.25) is 0 Å². The van der Waals surface area contributed by atoms with Crippen LogP contribution in [-0.4, -0.2) is 62.2 Å². The maximum atomic E-state index is 13.0. The first-order valence-electron chi connectivity index (χ1n) is 8.10. The fourth-order valence-electron chi connectivity index (χ4n) is 3.34. The van der Waals surface area contributed by atoms with E-state index in [0.29, 0.717) is 19.5 Å². The second-order valence-corrected chi connectivity index (χ2v) is 9.94. The van der Waals surface area contributed by atoms with Crippen molar-refractivity contribution in [3.8, 4) is 0 Å². The Morgan fingerprint density at radius 3 is 2.04 bits per heavy atom. The Labute approximate surface area is 147 Å². The summed E-state index contributed by atoms with van der Waals surface area (Å²) in [6, 6.07) is 4.26. The van der Waals surface area contributed by atoms with Crippen LogP contribution in [0.15, 0.2) is 34.1 Å². The van der Waals surface area contributed by atoms with Crippen LogP contribution in [0.25, 0.3) is 0 Å². The monoisotopic (exact) mass is 388 g/mol. The number of rotatable bonds is 5. The molecule has 2 saturated heterocycles. The molecule has 2 heterocycles. The molecule has 0 aromatic heterocycles. The first-order chi connectivity index (χ1) is 11.8. The second kappa shape index (κ2) is 6.67. The third kappa shape index (κ3) is 3.19. The molecular formula is C15H20N2O6S2. The topological polar surface area (TPSA) is 112 Å². The first kappa shape index (κ1) is 18.3. The molecule has 10 heteroatoms. The van der Waals surface area contributed by atoms with Gasteiger partial charge in [0.1, 0.15) is 15.8 Å². The number of carboxylic acid groups (broad SMARTS) is 1. The first-order valence-corrected chi connectivity index (χ1v) is 11.0. The Hall–Kier alpha value is -1.49. The highest BCUT2D eigenvalue weighted by Crippen LogP contribution is 2.32. The van der Waals surface area contributed by atoms with Crippen LogP contribution in [0.4, 0.5) is 0 Å². The molecule has 1 N–H and O–H groups in total. The van der Waals surface area contributed by atoms with Crippen molar-refractivity contribution in [3.63, 3.8) is 0 Å². The van der Waals surface area contributed by atoms with E-state index >= 15 is 0 Å². The minimum Gasteiger partial charge on any atom is -0.480 e. The molecule has 2 aliphatic heterocycles. The standard InChI is InChI=1S/C15H20N2O6S2/c18-15(19)12-6-5-11-17(12)25(22,23)14-8-2-1-7-13(14)24(20,21)16-9-3-4-10-16/h1-2,7-8,12H,3-6,9-11H2,(H,18,19)/t12-/m0/s1. The Bertz CT molecular complexity index is 875. The highest BCUT2D eigenvalue weighted by molar-refractivity contribution is 7.92. The van der Waals surface area contributed by atoms with E-state index in [1.54, 1.807) is 0 Å². The summed E-state index contributed by atoms with van der Waals surface area (Å²) in [4.78, 5) is 10.7. The molecule has 1 aromatic carbocycles. The van der Waals surface area contributed by atoms with Gasteiger partial charge in [-0.05, 0) is 37.8 Å². The molecule has 0 unspecified atom stereocenters. The molecule has 1 aromatic rings. The van der Waals surface area contributed by atoms with Crippen molar-refractivity contribution in [1.29, 1.82) is 0 Å². The van der Waals surface area contributed by atoms with E-state index in [9.17, 15) is 26.7 Å². The number of aliphatic carboxylic acids is 1. The average molecular weight is 388 g/mol. The van der Waals surface area contributed by atoms with Gasteiger partial charge >= 0.3 is 5.97 Å². The van der Waals surface area contributed by atoms with Gasteiger partial charge in [-0.3, -0.25) is 4.79 Å². The number of carboxylic acids is 1. The van der Waals surface area contributed by atoms with Gasteiger partial charge in [0.2, 0.25) is 20.0 Å². The molecule has 1 atom stereocenters. The van der Waals surface area contributed by atoms with Crippen molar-refractivity contribution < 1.29 is 26.7 Å². The van der Waals surface area contributed by atoms with Gasteiger partial charge < -0.3 is 5.11 Å². The highest BCUT2D eigenvalue weighted by Gasteiger charge is 2.42. The van der Waals surface area contributed by atoms with E-state index in [4.69, 9.17) is 0 Å². The maximum Gasteiger partial charge on any atom is 0.322 e. The average Bonchev–Trinajstić information content (AvgIpc) is 3.26. The molecule has 8 nitrogen and oxygen atoms in total. The molecule has 0 saturated carbocycles. The van der Waals surface area contributed by atoms with Crippen LogP contribution in [0, 0.1) is 0 Å². The fourth-order valence-corrected chi connectivity index (χ4v) is 7.29. The Kier molecular flexibility index (Phi) is 4.89. The molecule has 2 aliphatic rings. The fraction of sp³-hybridized carbons (Fsp3) is 0.533. The minimum absolute atomic E-state index is 0.0669. The zero-order chi connectivity index (χ0) is 18.2. The van der Waals surface area contributed by atoms with Crippen molar-refractivity contribution >= 4 is 26.0 Å². The summed E-state index contributed by atoms with van der Waals surface area (Å²) in [5.74, 6) is -1.22. The molecule has 2 fully saturated rings. The van der Waals surface area contributed by atoms with Gasteiger partial charge in [0.25, 0.3) is 0 Å². The van der Waals surface area contributed by atoms with Crippen molar-refractivity contribution in [3.05, 3.63) is 24.3 Å². The number of sulfonamides is 2. The summed E-state index contributed by atoms with van der Waals surface area (Å²) in [6.07, 6.45) is 2.12. The van der Waals surface area contributed by atoms with Crippen molar-refractivity contribution in [2.24, 2.45) is 0 Å². The molecule has 0 spiro atoms. The van der Waals surface area contributed by atoms with E-state index in [2.05, 4.69) is 0 Å². The van der Waals surface area contributed by atoms with E-state index < -0.39 is 32.1 Å². The largest absolute Gasteiger partial charge is 0.480 e. The summed E-state index contributed by atoms with van der Waals surface area (Å²) in [5, 5.41) is 9.26. The molecule has 25 heavy (non-hydrogen) atoms. The zero-order valence-electron chi connectivity index (χ0n) is 13.5. The van der Waals surface area contributed by atoms with Crippen LogP contribution in [0.1, 0.15) is 25.7 Å². The lowest BCUT2D eigenvalue weighted by Crippen LogP contribution is -2.41. The van der Waals surface area contributed by atoms with Crippen LogP contribution in [0.5, 0.6) is 0 Å². The number of hydrogen-bond acceptors (Lipinski definition) is 5. The Morgan fingerprint density at radius 2 is 1.48 bits per heavy atom. The number of carbonyl (C=O) groups is 1. The van der Waals surface area contributed by atoms with E-state index in [-0.39, 0.29) is 22.8 Å². The van der Waals surface area contributed by atoms with Gasteiger partial charge in [-0.15, -0.1) is 0 Å². The van der Waals surface area contributed by atoms with E-state index in [1.807, 2.05) is 0 Å². The van der Waals surface area contributed by atoms with Crippen molar-refractivity contribution in [1.82, 2.24) is 8.61 Å². The van der Waals surface area contributed by atoms with Crippen LogP contribution in [-0.2, 0) is 24.8 Å². The van der Waals surface area contributed by atoms with E-state index in [1.165, 1.54) is 28.6 Å². The third-order valence-electron chi connectivity index (χ3n) is 4.61. The normalized spacial score (nSPS) is 23.1. The number of nitrogens with zero attached hydrogens (tertiary/aromatic N) is 2. The lowest BCUT2D eigenvalue weighted by molar-refractivity contribution is -0.140. The van der Waals surface area contributed by atoms with Gasteiger partial charge in [-0.1, -0.05) is 12.1 Å². The van der Waals surface area contributed by atoms with Crippen molar-refractivity contribution in [2.45, 2.75) is 41.5 Å². The molecule has 0 bridgehead atoms. The lowest BCUT2D eigenvalue weighted by Gasteiger charge is -2.23. The van der Waals surface area contributed by atoms with Crippen LogP contribution < -0.4 is 0 Å². The minimum atomic E-state index is -4.23. The maximum absolute atomic E-state index is 13.0. The Balaban J connectivity index is 2.08. The van der Waals surface area contributed by atoms with Gasteiger partial charge in [-0.2, -0.15) is 8.61 Å². The molecular weight excluding hydrogens is 368 g/mol. The van der Waals surface area contributed by atoms with Gasteiger partial charge in [0, 0.05) is 19.6 Å². The summed E-state index contributed by atoms with van der Waals surface area (Å²) in [7, 11) is -8.17. The highest BCUT2D eigenvalue weighted by atomic mass is 32.2. The van der Waals surface area contributed by atoms with Crippen molar-refractivity contribution in [2.75, 3.05) is 19.6 Å². The second-order valence-electron chi connectivity index (χ2n) is 6.17. The van der Waals surface area contributed by atoms with Gasteiger partial charge in [-0.25, -0.2) is 16.8 Å².